The largest absolute Gasteiger partial charge is 0.481 e. The second kappa shape index (κ2) is 9.14. The van der Waals surface area contributed by atoms with Crippen molar-refractivity contribution >= 4 is 27.9 Å². The molecule has 1 atom stereocenters. The summed E-state index contributed by atoms with van der Waals surface area (Å²) in [7, 11) is -2.78. The summed E-state index contributed by atoms with van der Waals surface area (Å²) in [6.07, 6.45) is -0.520. The number of aryl methyl sites for hydroxylation is 1. The molecule has 1 aromatic rings. The van der Waals surface area contributed by atoms with Crippen LogP contribution in [0, 0.1) is 6.92 Å². The highest BCUT2D eigenvalue weighted by molar-refractivity contribution is 7.89. The number of nitrogens with one attached hydrogen (secondary N) is 2. The number of sulfonamides is 1. The lowest BCUT2D eigenvalue weighted by Gasteiger charge is -2.16. The number of carboxylic acids is 1. The molecule has 138 valence electrons. The molecule has 0 spiro atoms. The number of hydrogen-bond acceptors (Lipinski definition) is 6. The van der Waals surface area contributed by atoms with Gasteiger partial charge in [0.25, 0.3) is 0 Å². The van der Waals surface area contributed by atoms with Crippen LogP contribution in [0.5, 0.6) is 0 Å². The van der Waals surface area contributed by atoms with Crippen molar-refractivity contribution in [1.29, 1.82) is 0 Å². The standard InChI is InChI=1S/C15H20N2O7S/c1-10-3-5-11(6-4-10)25(22,23)16-9-13(18)17-12(15(21)24-2)7-8-14(19)20/h3-6,12,16H,7-9H2,1-2H3,(H,17,18)(H,19,20)/t12-/m0/s1. The normalized spacial score (nSPS) is 12.2. The highest BCUT2D eigenvalue weighted by atomic mass is 32.2. The Balaban J connectivity index is 2.65. The highest BCUT2D eigenvalue weighted by Gasteiger charge is 2.23. The van der Waals surface area contributed by atoms with Gasteiger partial charge in [-0.1, -0.05) is 17.7 Å². The van der Waals surface area contributed by atoms with E-state index in [1.807, 2.05) is 0 Å². The molecule has 0 fully saturated rings. The lowest BCUT2D eigenvalue weighted by Crippen LogP contribution is -2.46. The minimum absolute atomic E-state index is 0.00120. The van der Waals surface area contributed by atoms with E-state index in [-0.39, 0.29) is 17.7 Å². The highest BCUT2D eigenvalue weighted by Crippen LogP contribution is 2.09. The van der Waals surface area contributed by atoms with Crippen molar-refractivity contribution in [2.24, 2.45) is 0 Å². The predicted molar refractivity (Wildman–Crippen MR) is 87.2 cm³/mol. The van der Waals surface area contributed by atoms with Gasteiger partial charge in [-0.2, -0.15) is 0 Å². The summed E-state index contributed by atoms with van der Waals surface area (Å²) in [5.74, 6) is -2.73. The maximum atomic E-state index is 12.1. The van der Waals surface area contributed by atoms with Crippen molar-refractivity contribution in [2.75, 3.05) is 13.7 Å². The SMILES string of the molecule is COC(=O)[C@H](CCC(=O)O)NC(=O)CNS(=O)(=O)c1ccc(C)cc1. The number of carboxylic acid groups (broad SMARTS) is 1. The van der Waals surface area contributed by atoms with Gasteiger partial charge in [-0.15, -0.1) is 0 Å². The maximum Gasteiger partial charge on any atom is 0.328 e. The van der Waals surface area contributed by atoms with Crippen LogP contribution in [0.25, 0.3) is 0 Å². The first-order chi connectivity index (χ1) is 11.7. The number of carbonyl (C=O) groups is 3. The molecule has 0 saturated heterocycles. The van der Waals surface area contributed by atoms with Crippen molar-refractivity contribution in [1.82, 2.24) is 10.0 Å². The van der Waals surface area contributed by atoms with Gasteiger partial charge >= 0.3 is 11.9 Å². The summed E-state index contributed by atoms with van der Waals surface area (Å²) in [6, 6.07) is 4.87. The molecule has 1 rings (SSSR count). The second-order valence-corrected chi connectivity index (χ2v) is 6.98. The zero-order valence-corrected chi connectivity index (χ0v) is 14.6. The summed E-state index contributed by atoms with van der Waals surface area (Å²) < 4.78 is 30.8. The van der Waals surface area contributed by atoms with Gasteiger partial charge in [0.05, 0.1) is 18.6 Å². The third-order valence-corrected chi connectivity index (χ3v) is 4.64. The Hall–Kier alpha value is -2.46. The second-order valence-electron chi connectivity index (χ2n) is 5.21. The number of esters is 1. The van der Waals surface area contributed by atoms with Gasteiger partial charge in [-0.05, 0) is 25.5 Å². The average Bonchev–Trinajstić information content (AvgIpc) is 2.56. The van der Waals surface area contributed by atoms with Gasteiger partial charge in [0.2, 0.25) is 15.9 Å². The van der Waals surface area contributed by atoms with E-state index in [9.17, 15) is 22.8 Å². The van der Waals surface area contributed by atoms with Crippen LogP contribution < -0.4 is 10.0 Å². The van der Waals surface area contributed by atoms with Gasteiger partial charge in [0, 0.05) is 6.42 Å². The fourth-order valence-electron chi connectivity index (χ4n) is 1.87. The Morgan fingerprint density at radius 3 is 2.32 bits per heavy atom. The van der Waals surface area contributed by atoms with Gasteiger partial charge in [0.15, 0.2) is 0 Å². The van der Waals surface area contributed by atoms with Crippen LogP contribution in [0.2, 0.25) is 0 Å². The van der Waals surface area contributed by atoms with Crippen LogP contribution in [-0.2, 0) is 29.1 Å². The van der Waals surface area contributed by atoms with E-state index in [2.05, 4.69) is 14.8 Å². The van der Waals surface area contributed by atoms with Crippen LogP contribution in [0.4, 0.5) is 0 Å². The molecule has 1 aromatic carbocycles. The molecule has 0 aliphatic carbocycles. The first-order valence-corrected chi connectivity index (χ1v) is 8.79. The summed E-state index contributed by atoms with van der Waals surface area (Å²) in [4.78, 5) is 34.0. The fraction of sp³-hybridized carbons (Fsp3) is 0.400. The smallest absolute Gasteiger partial charge is 0.328 e. The first-order valence-electron chi connectivity index (χ1n) is 7.31. The molecule has 0 unspecified atom stereocenters. The van der Waals surface area contributed by atoms with Crippen LogP contribution in [0.3, 0.4) is 0 Å². The van der Waals surface area contributed by atoms with Crippen molar-refractivity contribution in [3.63, 3.8) is 0 Å². The predicted octanol–water partition coefficient (Wildman–Crippen LogP) is -0.204. The molecule has 0 bridgehead atoms. The van der Waals surface area contributed by atoms with Gasteiger partial charge < -0.3 is 15.2 Å². The molecule has 10 heteroatoms. The fourth-order valence-corrected chi connectivity index (χ4v) is 2.85. The molecule has 3 N–H and O–H groups in total. The topological polar surface area (TPSA) is 139 Å². The average molecular weight is 372 g/mol. The summed E-state index contributed by atoms with van der Waals surface area (Å²) >= 11 is 0. The Labute approximate surface area is 145 Å². The molecular formula is C15H20N2O7S. The van der Waals surface area contributed by atoms with Crippen molar-refractivity contribution in [3.8, 4) is 0 Å². The Morgan fingerprint density at radius 2 is 1.80 bits per heavy atom. The molecule has 0 saturated carbocycles. The number of hydrogen-bond donors (Lipinski definition) is 3. The van der Waals surface area contributed by atoms with Gasteiger partial charge in [0.1, 0.15) is 6.04 Å². The third kappa shape index (κ3) is 6.89. The molecule has 0 aliphatic heterocycles. The number of amides is 1. The number of ether oxygens (including phenoxy) is 1. The first kappa shape index (κ1) is 20.6. The molecule has 9 nitrogen and oxygen atoms in total. The minimum atomic E-state index is -3.88. The van der Waals surface area contributed by atoms with E-state index in [4.69, 9.17) is 5.11 Å². The zero-order valence-electron chi connectivity index (χ0n) is 13.8. The summed E-state index contributed by atoms with van der Waals surface area (Å²) in [5.41, 5.74) is 0.885. The van der Waals surface area contributed by atoms with Gasteiger partial charge in [-0.25, -0.2) is 17.9 Å². The van der Waals surface area contributed by atoms with Crippen LogP contribution in [-0.4, -0.2) is 51.1 Å². The van der Waals surface area contributed by atoms with Crippen molar-refractivity contribution < 1.29 is 32.6 Å². The maximum absolute atomic E-state index is 12.1. The van der Waals surface area contributed by atoms with Crippen molar-refractivity contribution in [3.05, 3.63) is 29.8 Å². The van der Waals surface area contributed by atoms with E-state index in [1.165, 1.54) is 12.1 Å². The molecule has 0 heterocycles. The van der Waals surface area contributed by atoms with E-state index in [0.717, 1.165) is 12.7 Å². The number of rotatable bonds is 9. The Bertz CT molecular complexity index is 729. The molecule has 0 radical (unpaired) electrons. The third-order valence-electron chi connectivity index (χ3n) is 3.22. The zero-order chi connectivity index (χ0) is 19.0. The van der Waals surface area contributed by atoms with Crippen LogP contribution in [0.1, 0.15) is 18.4 Å². The lowest BCUT2D eigenvalue weighted by molar-refractivity contribution is -0.145. The number of benzene rings is 1. The van der Waals surface area contributed by atoms with E-state index >= 15 is 0 Å². The quantitative estimate of drug-likeness (QED) is 0.510. The van der Waals surface area contributed by atoms with E-state index in [1.54, 1.807) is 19.1 Å². The van der Waals surface area contributed by atoms with Crippen molar-refractivity contribution in [2.45, 2.75) is 30.7 Å². The van der Waals surface area contributed by atoms with E-state index in [0.29, 0.717) is 0 Å². The summed E-state index contributed by atoms with van der Waals surface area (Å²) in [5, 5.41) is 10.9. The Kier molecular flexibility index (Phi) is 7.52. The lowest BCUT2D eigenvalue weighted by atomic mass is 10.1. The molecule has 0 aromatic heterocycles. The molecule has 0 aliphatic rings. The molecule has 25 heavy (non-hydrogen) atoms. The minimum Gasteiger partial charge on any atom is -0.481 e. The Morgan fingerprint density at radius 1 is 1.20 bits per heavy atom. The van der Waals surface area contributed by atoms with Crippen LogP contribution in [0.15, 0.2) is 29.2 Å². The number of methoxy groups -OCH3 is 1. The monoisotopic (exact) mass is 372 g/mol. The van der Waals surface area contributed by atoms with Gasteiger partial charge in [-0.3, -0.25) is 9.59 Å². The number of carbonyl (C=O) groups excluding carboxylic acids is 2. The molecule has 1 amide bonds. The summed E-state index contributed by atoms with van der Waals surface area (Å²) in [6.45, 7) is 1.21. The molecular weight excluding hydrogens is 352 g/mol. The number of aliphatic carboxylic acids is 1. The van der Waals surface area contributed by atoms with E-state index < -0.39 is 40.5 Å². The van der Waals surface area contributed by atoms with Crippen LogP contribution >= 0.6 is 0 Å².